The monoisotopic (exact) mass is 210 g/mol. The number of rotatable bonds is 1. The zero-order chi connectivity index (χ0) is 10.3. The van der Waals surface area contributed by atoms with Crippen LogP contribution in [0.15, 0.2) is 17.5 Å². The number of aromatic hydroxyl groups is 1. The quantitative estimate of drug-likeness (QED) is 0.326. The summed E-state index contributed by atoms with van der Waals surface area (Å²) in [7, 11) is 0. The number of nitro benzene ring substituents is 1. The highest BCUT2D eigenvalue weighted by atomic mass is 32.1. The first-order valence-corrected chi connectivity index (χ1v) is 4.62. The van der Waals surface area contributed by atoms with Crippen LogP contribution >= 0.6 is 11.3 Å². The Labute approximate surface area is 82.5 Å². The fourth-order valence-electron chi connectivity index (χ4n) is 1.27. The van der Waals surface area contributed by atoms with E-state index in [1.807, 2.05) is 0 Å². The molecule has 0 aliphatic rings. The zero-order valence-corrected chi connectivity index (χ0v) is 7.75. The van der Waals surface area contributed by atoms with E-state index in [-0.39, 0.29) is 11.4 Å². The number of nitro groups is 1. The summed E-state index contributed by atoms with van der Waals surface area (Å²) in [4.78, 5) is 10.1. The topological polar surface area (TPSA) is 89.4 Å². The molecule has 0 fully saturated rings. The lowest BCUT2D eigenvalue weighted by Gasteiger charge is -2.00. The Bertz CT molecular complexity index is 521. The Morgan fingerprint density at radius 2 is 2.29 bits per heavy atom. The molecule has 1 aromatic carbocycles. The SMILES string of the molecule is Nc1cc2ccsc2c([N+](=O)[O-])c1O. The van der Waals surface area contributed by atoms with Crippen molar-refractivity contribution in [2.45, 2.75) is 0 Å². The fraction of sp³-hybridized carbons (Fsp3) is 0. The highest BCUT2D eigenvalue weighted by Gasteiger charge is 2.21. The lowest BCUT2D eigenvalue weighted by Crippen LogP contribution is -1.93. The molecule has 0 aliphatic heterocycles. The second kappa shape index (κ2) is 2.85. The van der Waals surface area contributed by atoms with Crippen LogP contribution < -0.4 is 5.73 Å². The Balaban J connectivity index is 2.93. The standard InChI is InChI=1S/C8H6N2O3S/c9-5-3-4-1-2-14-8(4)6(7(5)11)10(12)13/h1-3,11H,9H2. The summed E-state index contributed by atoms with van der Waals surface area (Å²) >= 11 is 1.21. The van der Waals surface area contributed by atoms with Gasteiger partial charge in [-0.2, -0.15) is 0 Å². The van der Waals surface area contributed by atoms with Crippen molar-refractivity contribution < 1.29 is 10.0 Å². The summed E-state index contributed by atoms with van der Waals surface area (Å²) in [5.41, 5.74) is 5.15. The number of benzene rings is 1. The molecule has 5 nitrogen and oxygen atoms in total. The van der Waals surface area contributed by atoms with E-state index in [1.54, 1.807) is 11.4 Å². The van der Waals surface area contributed by atoms with Gasteiger partial charge in [0, 0.05) is 5.39 Å². The van der Waals surface area contributed by atoms with E-state index in [2.05, 4.69) is 0 Å². The summed E-state index contributed by atoms with van der Waals surface area (Å²) in [5, 5.41) is 22.5. The number of hydrogen-bond donors (Lipinski definition) is 2. The zero-order valence-electron chi connectivity index (χ0n) is 6.93. The first-order valence-electron chi connectivity index (χ1n) is 3.74. The molecule has 0 saturated carbocycles. The van der Waals surface area contributed by atoms with Crippen LogP contribution in [0.3, 0.4) is 0 Å². The Morgan fingerprint density at radius 1 is 1.57 bits per heavy atom. The molecule has 0 bridgehead atoms. The number of nitrogens with two attached hydrogens (primary N) is 1. The van der Waals surface area contributed by atoms with Gasteiger partial charge in [-0.15, -0.1) is 11.3 Å². The van der Waals surface area contributed by atoms with Gasteiger partial charge in [-0.05, 0) is 17.5 Å². The normalized spacial score (nSPS) is 10.6. The summed E-state index contributed by atoms with van der Waals surface area (Å²) in [6.45, 7) is 0. The largest absolute Gasteiger partial charge is 0.501 e. The van der Waals surface area contributed by atoms with Gasteiger partial charge in [0.25, 0.3) is 0 Å². The van der Waals surface area contributed by atoms with E-state index < -0.39 is 10.7 Å². The van der Waals surface area contributed by atoms with E-state index in [9.17, 15) is 15.2 Å². The molecule has 3 N–H and O–H groups in total. The number of phenolic OH excluding ortho intramolecular Hbond substituents is 1. The summed E-state index contributed by atoms with van der Waals surface area (Å²) < 4.78 is 0.446. The summed E-state index contributed by atoms with van der Waals surface area (Å²) in [6.07, 6.45) is 0. The van der Waals surface area contributed by atoms with Crippen molar-refractivity contribution in [1.82, 2.24) is 0 Å². The minimum Gasteiger partial charge on any atom is -0.501 e. The number of hydrogen-bond acceptors (Lipinski definition) is 5. The van der Waals surface area contributed by atoms with Crippen molar-refractivity contribution in [2.24, 2.45) is 0 Å². The molecule has 1 heterocycles. The van der Waals surface area contributed by atoms with E-state index in [0.717, 1.165) is 0 Å². The second-order valence-electron chi connectivity index (χ2n) is 2.76. The molecule has 1 aromatic heterocycles. The molecule has 0 saturated heterocycles. The molecule has 0 spiro atoms. The summed E-state index contributed by atoms with van der Waals surface area (Å²) in [6, 6.07) is 3.25. The predicted octanol–water partition coefficient (Wildman–Crippen LogP) is 2.10. The van der Waals surface area contributed by atoms with Gasteiger partial charge in [-0.3, -0.25) is 10.1 Å². The lowest BCUT2D eigenvalue weighted by molar-refractivity contribution is -0.383. The van der Waals surface area contributed by atoms with E-state index in [0.29, 0.717) is 10.1 Å². The molecule has 0 unspecified atom stereocenters. The molecule has 2 rings (SSSR count). The Kier molecular flexibility index (Phi) is 1.78. The van der Waals surface area contributed by atoms with Gasteiger partial charge in [0.15, 0.2) is 0 Å². The lowest BCUT2D eigenvalue weighted by atomic mass is 10.2. The third-order valence-electron chi connectivity index (χ3n) is 1.90. The molecule has 72 valence electrons. The van der Waals surface area contributed by atoms with Crippen molar-refractivity contribution in [3.8, 4) is 5.75 Å². The van der Waals surface area contributed by atoms with Crippen LogP contribution in [-0.4, -0.2) is 10.0 Å². The van der Waals surface area contributed by atoms with E-state index >= 15 is 0 Å². The molecular weight excluding hydrogens is 204 g/mol. The third-order valence-corrected chi connectivity index (χ3v) is 2.84. The molecule has 0 atom stereocenters. The highest BCUT2D eigenvalue weighted by Crippen LogP contribution is 2.41. The highest BCUT2D eigenvalue weighted by molar-refractivity contribution is 7.17. The maximum atomic E-state index is 10.7. The van der Waals surface area contributed by atoms with Gasteiger partial charge in [0.05, 0.1) is 10.6 Å². The van der Waals surface area contributed by atoms with E-state index in [4.69, 9.17) is 5.73 Å². The van der Waals surface area contributed by atoms with Crippen LogP contribution in [0.1, 0.15) is 0 Å². The van der Waals surface area contributed by atoms with Crippen molar-refractivity contribution in [3.05, 3.63) is 27.6 Å². The first-order chi connectivity index (χ1) is 6.61. The van der Waals surface area contributed by atoms with Gasteiger partial charge in [0.1, 0.15) is 4.70 Å². The van der Waals surface area contributed by atoms with Crippen molar-refractivity contribution in [2.75, 3.05) is 5.73 Å². The van der Waals surface area contributed by atoms with Gasteiger partial charge in [0.2, 0.25) is 5.75 Å². The van der Waals surface area contributed by atoms with Gasteiger partial charge in [-0.25, -0.2) is 0 Å². The Morgan fingerprint density at radius 3 is 2.93 bits per heavy atom. The average Bonchev–Trinajstić information content (AvgIpc) is 2.52. The first kappa shape index (κ1) is 8.76. The molecule has 6 heteroatoms. The molecule has 14 heavy (non-hydrogen) atoms. The molecule has 0 radical (unpaired) electrons. The van der Waals surface area contributed by atoms with Crippen molar-refractivity contribution >= 4 is 32.8 Å². The van der Waals surface area contributed by atoms with Crippen LogP contribution in [0.2, 0.25) is 0 Å². The fourth-order valence-corrected chi connectivity index (χ4v) is 2.17. The van der Waals surface area contributed by atoms with Gasteiger partial charge in [-0.1, -0.05) is 0 Å². The minimum absolute atomic E-state index is 0.0302. The number of thiophene rings is 1. The van der Waals surface area contributed by atoms with Crippen LogP contribution in [0.5, 0.6) is 5.75 Å². The maximum absolute atomic E-state index is 10.7. The minimum atomic E-state index is -0.621. The maximum Gasteiger partial charge on any atom is 0.330 e. The van der Waals surface area contributed by atoms with E-state index in [1.165, 1.54) is 17.4 Å². The van der Waals surface area contributed by atoms with Crippen LogP contribution in [0.25, 0.3) is 10.1 Å². The molecule has 0 aliphatic carbocycles. The second-order valence-corrected chi connectivity index (χ2v) is 3.68. The van der Waals surface area contributed by atoms with Crippen molar-refractivity contribution in [3.63, 3.8) is 0 Å². The van der Waals surface area contributed by atoms with Crippen molar-refractivity contribution in [1.29, 1.82) is 0 Å². The van der Waals surface area contributed by atoms with Gasteiger partial charge < -0.3 is 10.8 Å². The Hall–Kier alpha value is -1.82. The molecule has 0 amide bonds. The smallest absolute Gasteiger partial charge is 0.330 e. The third kappa shape index (κ3) is 1.08. The van der Waals surface area contributed by atoms with Crippen LogP contribution in [-0.2, 0) is 0 Å². The average molecular weight is 210 g/mol. The van der Waals surface area contributed by atoms with Crippen LogP contribution in [0, 0.1) is 10.1 Å². The number of anilines is 1. The van der Waals surface area contributed by atoms with Gasteiger partial charge >= 0.3 is 5.69 Å². The number of nitrogen functional groups attached to an aromatic ring is 1. The number of fused-ring (bicyclic) bond motifs is 1. The van der Waals surface area contributed by atoms with Crippen LogP contribution in [0.4, 0.5) is 11.4 Å². The summed E-state index contributed by atoms with van der Waals surface area (Å²) in [5.74, 6) is -0.454. The molecular formula is C8H6N2O3S. The molecule has 2 aromatic rings. The predicted molar refractivity (Wildman–Crippen MR) is 54.6 cm³/mol. The number of nitrogens with zero attached hydrogens (tertiary/aromatic N) is 1. The number of phenols is 1.